The predicted octanol–water partition coefficient (Wildman–Crippen LogP) is 1.63. The number of carbonyl (C=O) groups excluding carboxylic acids is 2. The molecule has 0 spiro atoms. The molecule has 94 valence electrons. The zero-order chi connectivity index (χ0) is 12.7. The zero-order valence-electron chi connectivity index (χ0n) is 10.1. The summed E-state index contributed by atoms with van der Waals surface area (Å²) in [7, 11) is 1.58. The van der Waals surface area contributed by atoms with Gasteiger partial charge >= 0.3 is 6.03 Å². The quantitative estimate of drug-likeness (QED) is 0.761. The molecule has 3 rings (SSSR count). The fraction of sp³-hybridized carbons (Fsp3) is 0.385. The summed E-state index contributed by atoms with van der Waals surface area (Å²) in [4.78, 5) is 27.0. The molecule has 2 aliphatic rings. The van der Waals surface area contributed by atoms with Crippen LogP contribution in [0.5, 0.6) is 5.75 Å². The second-order valence-corrected chi connectivity index (χ2v) is 4.57. The zero-order valence-corrected chi connectivity index (χ0v) is 10.1. The molecule has 0 unspecified atom stereocenters. The Bertz CT molecular complexity index is 493. The summed E-state index contributed by atoms with van der Waals surface area (Å²) < 4.78 is 5.06. The van der Waals surface area contributed by atoms with Crippen LogP contribution in [0.2, 0.25) is 0 Å². The van der Waals surface area contributed by atoms with Crippen LogP contribution in [0.4, 0.5) is 10.5 Å². The van der Waals surface area contributed by atoms with Gasteiger partial charge in [0.2, 0.25) is 0 Å². The molecule has 5 heteroatoms. The second-order valence-electron chi connectivity index (χ2n) is 4.57. The van der Waals surface area contributed by atoms with Crippen LogP contribution in [-0.4, -0.2) is 36.5 Å². The Labute approximate surface area is 105 Å². The van der Waals surface area contributed by atoms with E-state index in [2.05, 4.69) is 0 Å². The number of methoxy groups -OCH3 is 1. The van der Waals surface area contributed by atoms with Crippen LogP contribution in [0.25, 0.3) is 0 Å². The van der Waals surface area contributed by atoms with E-state index in [0.717, 1.165) is 12.8 Å². The van der Waals surface area contributed by atoms with Crippen molar-refractivity contribution in [2.75, 3.05) is 18.6 Å². The first-order valence-corrected chi connectivity index (χ1v) is 5.98. The first-order valence-electron chi connectivity index (χ1n) is 5.98. The van der Waals surface area contributed by atoms with Gasteiger partial charge < -0.3 is 9.64 Å². The van der Waals surface area contributed by atoms with Gasteiger partial charge in [-0.1, -0.05) is 0 Å². The van der Waals surface area contributed by atoms with Gasteiger partial charge in [0.05, 0.1) is 12.8 Å². The van der Waals surface area contributed by atoms with Crippen LogP contribution in [-0.2, 0) is 4.79 Å². The number of ether oxygens (including phenoxy) is 1. The van der Waals surface area contributed by atoms with E-state index >= 15 is 0 Å². The van der Waals surface area contributed by atoms with E-state index < -0.39 is 0 Å². The number of carbonyl (C=O) groups is 2. The van der Waals surface area contributed by atoms with Crippen LogP contribution in [0.15, 0.2) is 24.3 Å². The van der Waals surface area contributed by atoms with Gasteiger partial charge in [-0.2, -0.15) is 0 Å². The van der Waals surface area contributed by atoms with Crippen LogP contribution < -0.4 is 9.64 Å². The standard InChI is InChI=1S/C13H14N2O3/c1-18-11-6-4-10(5-7-11)15-12(16)8-14(13(15)17)9-2-3-9/h4-7,9H,2-3,8H2,1H3. The number of hydrogen-bond acceptors (Lipinski definition) is 3. The minimum atomic E-state index is -0.201. The summed E-state index contributed by atoms with van der Waals surface area (Å²) in [6, 6.07) is 7.01. The van der Waals surface area contributed by atoms with Crippen molar-refractivity contribution in [2.45, 2.75) is 18.9 Å². The maximum atomic E-state index is 12.2. The smallest absolute Gasteiger partial charge is 0.332 e. The second kappa shape index (κ2) is 4.01. The van der Waals surface area contributed by atoms with Crippen molar-refractivity contribution in [3.63, 3.8) is 0 Å². The third-order valence-corrected chi connectivity index (χ3v) is 3.31. The van der Waals surface area contributed by atoms with Crippen molar-refractivity contribution in [1.29, 1.82) is 0 Å². The molecule has 1 aromatic carbocycles. The molecule has 0 radical (unpaired) electrons. The highest BCUT2D eigenvalue weighted by Gasteiger charge is 2.44. The van der Waals surface area contributed by atoms with Gasteiger partial charge in [-0.05, 0) is 37.1 Å². The molecule has 5 nitrogen and oxygen atoms in total. The van der Waals surface area contributed by atoms with Crippen LogP contribution in [0.1, 0.15) is 12.8 Å². The van der Waals surface area contributed by atoms with Crippen LogP contribution >= 0.6 is 0 Å². The number of amides is 3. The fourth-order valence-corrected chi connectivity index (χ4v) is 2.18. The highest BCUT2D eigenvalue weighted by Crippen LogP contribution is 2.32. The molecule has 1 aliphatic heterocycles. The molecule has 0 atom stereocenters. The molecule has 3 amide bonds. The molecule has 1 saturated heterocycles. The Morgan fingerprint density at radius 3 is 2.39 bits per heavy atom. The largest absolute Gasteiger partial charge is 0.497 e. The van der Waals surface area contributed by atoms with Crippen molar-refractivity contribution < 1.29 is 14.3 Å². The molecule has 0 bridgehead atoms. The van der Waals surface area contributed by atoms with Gasteiger partial charge in [0.1, 0.15) is 12.3 Å². The summed E-state index contributed by atoms with van der Waals surface area (Å²) in [5.74, 6) is 0.550. The third-order valence-electron chi connectivity index (χ3n) is 3.31. The average Bonchev–Trinajstić information content (AvgIpc) is 3.17. The minimum absolute atomic E-state index is 0.155. The summed E-state index contributed by atoms with van der Waals surface area (Å²) in [5, 5.41) is 0. The summed E-state index contributed by atoms with van der Waals surface area (Å²) >= 11 is 0. The maximum absolute atomic E-state index is 12.2. The van der Waals surface area contributed by atoms with Gasteiger partial charge in [0.25, 0.3) is 5.91 Å². The van der Waals surface area contributed by atoms with Crippen molar-refractivity contribution in [1.82, 2.24) is 4.90 Å². The summed E-state index contributed by atoms with van der Waals surface area (Å²) in [6.45, 7) is 0.204. The number of nitrogens with zero attached hydrogens (tertiary/aromatic N) is 2. The monoisotopic (exact) mass is 246 g/mol. The van der Waals surface area contributed by atoms with E-state index in [9.17, 15) is 9.59 Å². The number of urea groups is 1. The molecule has 0 N–H and O–H groups in total. The van der Waals surface area contributed by atoms with Crippen molar-refractivity contribution in [3.05, 3.63) is 24.3 Å². The van der Waals surface area contributed by atoms with Crippen LogP contribution in [0.3, 0.4) is 0 Å². The van der Waals surface area contributed by atoms with Crippen molar-refractivity contribution >= 4 is 17.6 Å². The van der Waals surface area contributed by atoms with Gasteiger partial charge in [0.15, 0.2) is 0 Å². The van der Waals surface area contributed by atoms with Gasteiger partial charge in [-0.15, -0.1) is 0 Å². The molecular weight excluding hydrogens is 232 g/mol. The number of hydrogen-bond donors (Lipinski definition) is 0. The lowest BCUT2D eigenvalue weighted by molar-refractivity contribution is -0.116. The molecular formula is C13H14N2O3. The lowest BCUT2D eigenvalue weighted by Gasteiger charge is -2.16. The Balaban J connectivity index is 1.85. The number of anilines is 1. The SMILES string of the molecule is COc1ccc(N2C(=O)CN(C3CC3)C2=O)cc1. The minimum Gasteiger partial charge on any atom is -0.497 e. The molecule has 0 aromatic heterocycles. The Morgan fingerprint density at radius 2 is 1.83 bits per heavy atom. The molecule has 1 saturated carbocycles. The van der Waals surface area contributed by atoms with Gasteiger partial charge in [-0.3, -0.25) is 4.79 Å². The predicted molar refractivity (Wildman–Crippen MR) is 65.6 cm³/mol. The fourth-order valence-electron chi connectivity index (χ4n) is 2.18. The normalized spacial score (nSPS) is 19.6. The van der Waals surface area contributed by atoms with E-state index in [1.165, 1.54) is 4.90 Å². The highest BCUT2D eigenvalue weighted by molar-refractivity contribution is 6.19. The Morgan fingerprint density at radius 1 is 1.17 bits per heavy atom. The first-order chi connectivity index (χ1) is 8.70. The number of rotatable bonds is 3. The van der Waals surface area contributed by atoms with E-state index in [0.29, 0.717) is 11.4 Å². The van der Waals surface area contributed by atoms with E-state index in [4.69, 9.17) is 4.74 Å². The molecule has 18 heavy (non-hydrogen) atoms. The lowest BCUT2D eigenvalue weighted by atomic mass is 10.3. The first kappa shape index (κ1) is 11.1. The Kier molecular flexibility index (Phi) is 2.47. The lowest BCUT2D eigenvalue weighted by Crippen LogP contribution is -2.34. The van der Waals surface area contributed by atoms with E-state index in [1.54, 1.807) is 36.3 Å². The topological polar surface area (TPSA) is 49.9 Å². The van der Waals surface area contributed by atoms with Gasteiger partial charge in [-0.25, -0.2) is 9.69 Å². The van der Waals surface area contributed by atoms with Crippen molar-refractivity contribution in [2.24, 2.45) is 0 Å². The third kappa shape index (κ3) is 1.72. The molecule has 2 fully saturated rings. The van der Waals surface area contributed by atoms with E-state index in [-0.39, 0.29) is 24.5 Å². The average molecular weight is 246 g/mol. The number of benzene rings is 1. The summed E-state index contributed by atoms with van der Waals surface area (Å²) in [5.41, 5.74) is 0.606. The molecule has 1 aromatic rings. The van der Waals surface area contributed by atoms with Gasteiger partial charge in [0, 0.05) is 6.04 Å². The highest BCUT2D eigenvalue weighted by atomic mass is 16.5. The molecule has 1 aliphatic carbocycles. The van der Waals surface area contributed by atoms with E-state index in [1.807, 2.05) is 0 Å². The molecule has 1 heterocycles. The van der Waals surface area contributed by atoms with Crippen molar-refractivity contribution in [3.8, 4) is 5.75 Å². The number of imide groups is 1. The maximum Gasteiger partial charge on any atom is 0.332 e. The summed E-state index contributed by atoms with van der Waals surface area (Å²) in [6.07, 6.45) is 2.02. The van der Waals surface area contributed by atoms with Crippen LogP contribution in [0, 0.1) is 0 Å². The Hall–Kier alpha value is -2.04.